The molecule has 23 heavy (non-hydrogen) atoms. The summed E-state index contributed by atoms with van der Waals surface area (Å²) in [7, 11) is -4.41. The van der Waals surface area contributed by atoms with Gasteiger partial charge in [-0.3, -0.25) is 0 Å². The van der Waals surface area contributed by atoms with Gasteiger partial charge in [-0.1, -0.05) is 6.07 Å². The number of hydrogen-bond donors (Lipinski definition) is 1. The molecule has 1 heterocycles. The van der Waals surface area contributed by atoms with Gasteiger partial charge in [0.05, 0.1) is 16.5 Å². The minimum atomic E-state index is -4.67. The first-order valence-electron chi connectivity index (χ1n) is 6.92. The van der Waals surface area contributed by atoms with E-state index in [-0.39, 0.29) is 28.9 Å². The molecule has 5 nitrogen and oxygen atoms in total. The molecule has 1 aliphatic heterocycles. The molecule has 1 aliphatic rings. The summed E-state index contributed by atoms with van der Waals surface area (Å²) in [5.74, 6) is 0. The van der Waals surface area contributed by atoms with Crippen molar-refractivity contribution in [1.82, 2.24) is 4.31 Å². The lowest BCUT2D eigenvalue weighted by Gasteiger charge is -2.38. The van der Waals surface area contributed by atoms with Crippen LogP contribution in [-0.4, -0.2) is 37.5 Å². The Morgan fingerprint density at radius 2 is 2.00 bits per heavy atom. The Kier molecular flexibility index (Phi) is 4.71. The van der Waals surface area contributed by atoms with E-state index in [1.807, 2.05) is 0 Å². The number of halogens is 3. The lowest BCUT2D eigenvalue weighted by molar-refractivity contribution is -0.178. The zero-order chi connectivity index (χ0) is 17.4. The van der Waals surface area contributed by atoms with Crippen LogP contribution in [0.2, 0.25) is 0 Å². The van der Waals surface area contributed by atoms with E-state index in [0.29, 0.717) is 4.31 Å². The lowest BCUT2D eigenvalue weighted by atomic mass is 10.0. The predicted octanol–water partition coefficient (Wildman–Crippen LogP) is 1.91. The van der Waals surface area contributed by atoms with Crippen LogP contribution in [0.15, 0.2) is 23.1 Å². The first-order chi connectivity index (χ1) is 10.6. The van der Waals surface area contributed by atoms with Crippen LogP contribution in [0.4, 0.5) is 13.2 Å². The van der Waals surface area contributed by atoms with Gasteiger partial charge in [0, 0.05) is 12.6 Å². The van der Waals surface area contributed by atoms with Crippen LogP contribution >= 0.6 is 0 Å². The molecule has 1 fully saturated rings. The number of sulfonamides is 1. The van der Waals surface area contributed by atoms with E-state index in [2.05, 4.69) is 0 Å². The fraction of sp³-hybridized carbons (Fsp3) is 0.500. The number of nitriles is 1. The highest BCUT2D eigenvalue weighted by molar-refractivity contribution is 7.89. The predicted molar refractivity (Wildman–Crippen MR) is 76.8 cm³/mol. The molecule has 0 bridgehead atoms. The van der Waals surface area contributed by atoms with E-state index in [0.717, 1.165) is 6.07 Å². The van der Waals surface area contributed by atoms with Crippen LogP contribution in [0.25, 0.3) is 0 Å². The summed E-state index contributed by atoms with van der Waals surface area (Å²) in [4.78, 5) is -0.292. The van der Waals surface area contributed by atoms with Crippen molar-refractivity contribution >= 4 is 10.0 Å². The number of aryl methyl sites for hydroxylation is 1. The Bertz CT molecular complexity index is 741. The van der Waals surface area contributed by atoms with Crippen molar-refractivity contribution in [2.45, 2.75) is 42.9 Å². The first-order valence-corrected chi connectivity index (χ1v) is 8.36. The average molecular weight is 347 g/mol. The van der Waals surface area contributed by atoms with Crippen molar-refractivity contribution in [2.75, 3.05) is 6.54 Å². The standard InChI is InChI=1S/C14H16F3N3O2S/c1-9-2-3-10(7-18)6-12(9)23(21,22)20-8-11(19)4-5-13(20)14(15,16)17/h2-3,6,11,13H,4-5,8,19H2,1H3. The third kappa shape index (κ3) is 3.49. The molecule has 126 valence electrons. The molecule has 1 aromatic carbocycles. The monoisotopic (exact) mass is 347 g/mol. The molecule has 0 aromatic heterocycles. The lowest BCUT2D eigenvalue weighted by Crippen LogP contribution is -2.56. The van der Waals surface area contributed by atoms with Gasteiger partial charge in [0.2, 0.25) is 10.0 Å². The van der Waals surface area contributed by atoms with Gasteiger partial charge in [0.15, 0.2) is 0 Å². The van der Waals surface area contributed by atoms with Gasteiger partial charge in [-0.2, -0.15) is 22.7 Å². The minimum Gasteiger partial charge on any atom is -0.327 e. The van der Waals surface area contributed by atoms with Crippen molar-refractivity contribution in [3.8, 4) is 6.07 Å². The zero-order valence-corrected chi connectivity index (χ0v) is 13.2. The number of benzene rings is 1. The number of nitrogens with two attached hydrogens (primary N) is 1. The van der Waals surface area contributed by atoms with Crippen LogP contribution in [-0.2, 0) is 10.0 Å². The van der Waals surface area contributed by atoms with Gasteiger partial charge in [-0.05, 0) is 37.5 Å². The third-order valence-electron chi connectivity index (χ3n) is 3.85. The summed E-state index contributed by atoms with van der Waals surface area (Å²) in [6, 6.07) is 2.95. The molecule has 0 aliphatic carbocycles. The van der Waals surface area contributed by atoms with Crippen molar-refractivity contribution in [3.05, 3.63) is 29.3 Å². The van der Waals surface area contributed by atoms with Crippen LogP contribution in [0.3, 0.4) is 0 Å². The second-order valence-corrected chi connectivity index (χ2v) is 7.42. The first kappa shape index (κ1) is 17.7. The summed E-state index contributed by atoms with van der Waals surface area (Å²) >= 11 is 0. The zero-order valence-electron chi connectivity index (χ0n) is 12.3. The van der Waals surface area contributed by atoms with Gasteiger partial charge in [0.1, 0.15) is 6.04 Å². The average Bonchev–Trinajstić information content (AvgIpc) is 2.46. The van der Waals surface area contributed by atoms with Crippen LogP contribution < -0.4 is 5.73 Å². The summed E-state index contributed by atoms with van der Waals surface area (Å²) in [5, 5.41) is 8.89. The van der Waals surface area contributed by atoms with Crippen LogP contribution in [0, 0.1) is 18.3 Å². The highest BCUT2D eigenvalue weighted by atomic mass is 32.2. The summed E-state index contributed by atoms with van der Waals surface area (Å²) in [6.07, 6.45) is -4.94. The molecule has 0 amide bonds. The molecule has 2 unspecified atom stereocenters. The maximum absolute atomic E-state index is 13.2. The van der Waals surface area contributed by atoms with Gasteiger partial charge >= 0.3 is 6.18 Å². The van der Waals surface area contributed by atoms with Gasteiger partial charge in [-0.15, -0.1) is 0 Å². The molecule has 1 aromatic rings. The largest absolute Gasteiger partial charge is 0.405 e. The maximum Gasteiger partial charge on any atom is 0.405 e. The van der Waals surface area contributed by atoms with E-state index in [9.17, 15) is 21.6 Å². The maximum atomic E-state index is 13.2. The molecule has 0 spiro atoms. The molecule has 9 heteroatoms. The van der Waals surface area contributed by atoms with Crippen molar-refractivity contribution < 1.29 is 21.6 Å². The van der Waals surface area contributed by atoms with E-state index in [1.54, 1.807) is 6.07 Å². The van der Waals surface area contributed by atoms with E-state index in [4.69, 9.17) is 11.0 Å². The van der Waals surface area contributed by atoms with Crippen LogP contribution in [0.5, 0.6) is 0 Å². The molecular weight excluding hydrogens is 331 g/mol. The van der Waals surface area contributed by atoms with Crippen molar-refractivity contribution in [3.63, 3.8) is 0 Å². The Morgan fingerprint density at radius 1 is 1.35 bits per heavy atom. The highest BCUT2D eigenvalue weighted by Gasteiger charge is 2.50. The Morgan fingerprint density at radius 3 is 2.57 bits per heavy atom. The molecule has 0 radical (unpaired) electrons. The number of nitrogens with zero attached hydrogens (tertiary/aromatic N) is 2. The second kappa shape index (κ2) is 6.11. The fourth-order valence-electron chi connectivity index (χ4n) is 2.63. The summed E-state index contributed by atoms with van der Waals surface area (Å²) < 4.78 is 65.5. The van der Waals surface area contributed by atoms with Gasteiger partial charge in [-0.25, -0.2) is 8.42 Å². The number of hydrogen-bond acceptors (Lipinski definition) is 4. The summed E-state index contributed by atoms with van der Waals surface area (Å²) in [6.45, 7) is 1.07. The van der Waals surface area contributed by atoms with Gasteiger partial charge in [0.25, 0.3) is 0 Å². The minimum absolute atomic E-state index is 0.0686. The Balaban J connectivity index is 2.54. The molecule has 1 saturated heterocycles. The fourth-order valence-corrected chi connectivity index (χ4v) is 4.58. The van der Waals surface area contributed by atoms with E-state index < -0.39 is 34.8 Å². The Hall–Kier alpha value is -1.63. The molecular formula is C14H16F3N3O2S. The number of rotatable bonds is 2. The van der Waals surface area contributed by atoms with E-state index >= 15 is 0 Å². The normalized spacial score (nSPS) is 23.5. The number of piperidine rings is 1. The van der Waals surface area contributed by atoms with E-state index in [1.165, 1.54) is 19.1 Å². The molecule has 2 atom stereocenters. The smallest absolute Gasteiger partial charge is 0.327 e. The topological polar surface area (TPSA) is 87.2 Å². The second-order valence-electron chi connectivity index (χ2n) is 5.56. The van der Waals surface area contributed by atoms with Crippen LogP contribution in [0.1, 0.15) is 24.0 Å². The molecule has 2 N–H and O–H groups in total. The Labute approximate surface area is 132 Å². The van der Waals surface area contributed by atoms with Gasteiger partial charge < -0.3 is 5.73 Å². The highest BCUT2D eigenvalue weighted by Crippen LogP contribution is 2.35. The van der Waals surface area contributed by atoms with Crippen molar-refractivity contribution in [1.29, 1.82) is 5.26 Å². The third-order valence-corrected chi connectivity index (χ3v) is 5.87. The SMILES string of the molecule is Cc1ccc(C#N)cc1S(=O)(=O)N1CC(N)CCC1C(F)(F)F. The van der Waals surface area contributed by atoms with Crippen molar-refractivity contribution in [2.24, 2.45) is 5.73 Å². The quantitative estimate of drug-likeness (QED) is 0.885. The molecule has 2 rings (SSSR count). The number of alkyl halides is 3. The molecule has 0 saturated carbocycles. The summed E-state index contributed by atoms with van der Waals surface area (Å²) in [5.41, 5.74) is 6.02.